The van der Waals surface area contributed by atoms with Crippen LogP contribution in [-0.2, 0) is 12.8 Å². The summed E-state index contributed by atoms with van der Waals surface area (Å²) in [5, 5.41) is 3.04. The van der Waals surface area contributed by atoms with Crippen molar-refractivity contribution in [3.63, 3.8) is 0 Å². The molecule has 1 aliphatic rings. The number of aromatic nitrogens is 1. The van der Waals surface area contributed by atoms with Crippen LogP contribution in [0.25, 0.3) is 12.2 Å². The molecule has 0 fully saturated rings. The number of aryl methyl sites for hydroxylation is 2. The minimum atomic E-state index is -0.0149. The predicted octanol–water partition coefficient (Wildman–Crippen LogP) is 5.83. The summed E-state index contributed by atoms with van der Waals surface area (Å²) in [6.45, 7) is 0. The molecule has 0 saturated carbocycles. The smallest absolute Gasteiger partial charge is 0.265 e. The van der Waals surface area contributed by atoms with Crippen LogP contribution in [0.3, 0.4) is 0 Å². The van der Waals surface area contributed by atoms with Crippen LogP contribution in [-0.4, -0.2) is 10.9 Å². The third-order valence-corrected chi connectivity index (χ3v) is 5.99. The van der Waals surface area contributed by atoms with Crippen molar-refractivity contribution in [2.75, 3.05) is 5.32 Å². The minimum Gasteiger partial charge on any atom is -0.321 e. The second-order valence-electron chi connectivity index (χ2n) is 6.79. The lowest BCUT2D eigenvalue weighted by molar-refractivity contribution is 0.103. The maximum absolute atomic E-state index is 12.7. The lowest BCUT2D eigenvalue weighted by atomic mass is 10.1. The van der Waals surface area contributed by atoms with E-state index in [-0.39, 0.29) is 5.91 Å². The van der Waals surface area contributed by atoms with Crippen molar-refractivity contribution in [3.05, 3.63) is 81.3 Å². The number of benzene rings is 1. The van der Waals surface area contributed by atoms with E-state index in [1.165, 1.54) is 29.7 Å². The number of nitrogens with one attached hydrogen (secondary N) is 1. The van der Waals surface area contributed by atoms with Crippen LogP contribution in [0.2, 0.25) is 0 Å². The van der Waals surface area contributed by atoms with E-state index >= 15 is 0 Å². The number of nitrogens with zero attached hydrogens (tertiary/aromatic N) is 1. The zero-order valence-electron chi connectivity index (χ0n) is 15.2. The highest BCUT2D eigenvalue weighted by molar-refractivity contribution is 7.14. The van der Waals surface area contributed by atoms with Crippen LogP contribution >= 0.6 is 11.3 Å². The Balaban J connectivity index is 1.46. The Bertz CT molecular complexity index is 936. The van der Waals surface area contributed by atoms with Gasteiger partial charge in [-0.05, 0) is 73.2 Å². The molecular weight excluding hydrogens is 352 g/mol. The quantitative estimate of drug-likeness (QED) is 0.583. The van der Waals surface area contributed by atoms with Crippen molar-refractivity contribution in [2.24, 2.45) is 0 Å². The molecule has 0 aliphatic heterocycles. The number of fused-ring (bicyclic) bond motifs is 1. The SMILES string of the molecule is O=C(Nc1cccc(/C=C/c2ccccn2)c1)c1cc2c(s1)CCCCC2. The first-order chi connectivity index (χ1) is 13.3. The number of hydrogen-bond acceptors (Lipinski definition) is 3. The first kappa shape index (κ1) is 17.7. The summed E-state index contributed by atoms with van der Waals surface area (Å²) in [4.78, 5) is 19.2. The Morgan fingerprint density at radius 1 is 1.00 bits per heavy atom. The van der Waals surface area contributed by atoms with Crippen molar-refractivity contribution < 1.29 is 4.79 Å². The topological polar surface area (TPSA) is 42.0 Å². The number of amides is 1. The molecule has 4 heteroatoms. The van der Waals surface area contributed by atoms with Crippen molar-refractivity contribution in [1.29, 1.82) is 0 Å². The van der Waals surface area contributed by atoms with Gasteiger partial charge in [0.25, 0.3) is 5.91 Å². The van der Waals surface area contributed by atoms with Gasteiger partial charge in [-0.15, -0.1) is 11.3 Å². The number of pyridine rings is 1. The number of anilines is 1. The number of carbonyl (C=O) groups is 1. The van der Waals surface area contributed by atoms with Gasteiger partial charge >= 0.3 is 0 Å². The Hall–Kier alpha value is -2.72. The number of thiophene rings is 1. The second-order valence-corrected chi connectivity index (χ2v) is 7.92. The molecule has 0 atom stereocenters. The van der Waals surface area contributed by atoms with E-state index in [1.54, 1.807) is 17.5 Å². The maximum atomic E-state index is 12.7. The van der Waals surface area contributed by atoms with E-state index in [2.05, 4.69) is 16.4 Å². The van der Waals surface area contributed by atoms with Crippen molar-refractivity contribution in [2.45, 2.75) is 32.1 Å². The fourth-order valence-corrected chi connectivity index (χ4v) is 4.50. The summed E-state index contributed by atoms with van der Waals surface area (Å²) in [6, 6.07) is 15.8. The fourth-order valence-electron chi connectivity index (χ4n) is 3.35. The van der Waals surface area contributed by atoms with Crippen LogP contribution in [0.1, 0.15) is 50.6 Å². The molecule has 3 nitrogen and oxygen atoms in total. The van der Waals surface area contributed by atoms with Gasteiger partial charge in [0, 0.05) is 16.8 Å². The van der Waals surface area contributed by atoms with Gasteiger partial charge in [0.05, 0.1) is 10.6 Å². The zero-order chi connectivity index (χ0) is 18.5. The third kappa shape index (κ3) is 4.52. The minimum absolute atomic E-state index is 0.0149. The number of carbonyl (C=O) groups excluding carboxylic acids is 1. The van der Waals surface area contributed by atoms with Gasteiger partial charge in [0.1, 0.15) is 0 Å². The summed E-state index contributed by atoms with van der Waals surface area (Å²) in [5.41, 5.74) is 4.12. The summed E-state index contributed by atoms with van der Waals surface area (Å²) in [7, 11) is 0. The molecule has 0 saturated heterocycles. The largest absolute Gasteiger partial charge is 0.321 e. The highest BCUT2D eigenvalue weighted by atomic mass is 32.1. The Morgan fingerprint density at radius 3 is 2.81 bits per heavy atom. The number of rotatable bonds is 4. The summed E-state index contributed by atoms with van der Waals surface area (Å²) in [6.07, 6.45) is 11.7. The van der Waals surface area contributed by atoms with Crippen LogP contribution in [0.4, 0.5) is 5.69 Å². The molecule has 1 amide bonds. The first-order valence-electron chi connectivity index (χ1n) is 9.40. The molecule has 1 aliphatic carbocycles. The second kappa shape index (κ2) is 8.31. The van der Waals surface area contributed by atoms with Crippen LogP contribution in [0.5, 0.6) is 0 Å². The summed E-state index contributed by atoms with van der Waals surface area (Å²) in [5.74, 6) is -0.0149. The lowest BCUT2D eigenvalue weighted by Gasteiger charge is -2.05. The predicted molar refractivity (Wildman–Crippen MR) is 113 cm³/mol. The molecule has 1 aromatic carbocycles. The van der Waals surface area contributed by atoms with Gasteiger partial charge in [-0.1, -0.05) is 30.7 Å². The van der Waals surface area contributed by atoms with E-state index in [1.807, 2.05) is 54.6 Å². The van der Waals surface area contributed by atoms with Gasteiger partial charge in [-0.25, -0.2) is 0 Å². The first-order valence-corrected chi connectivity index (χ1v) is 10.2. The molecular formula is C23H22N2OS. The maximum Gasteiger partial charge on any atom is 0.265 e. The average Bonchev–Trinajstić information content (AvgIpc) is 2.98. The molecule has 2 heterocycles. The van der Waals surface area contributed by atoms with E-state index in [0.29, 0.717) is 0 Å². The highest BCUT2D eigenvalue weighted by Crippen LogP contribution is 2.29. The van der Waals surface area contributed by atoms with Crippen molar-refractivity contribution in [1.82, 2.24) is 4.98 Å². The van der Waals surface area contributed by atoms with Crippen LogP contribution in [0.15, 0.2) is 54.7 Å². The molecule has 2 aromatic heterocycles. The Labute approximate surface area is 163 Å². The molecule has 0 bridgehead atoms. The molecule has 3 aromatic rings. The molecule has 27 heavy (non-hydrogen) atoms. The molecule has 0 radical (unpaired) electrons. The van der Waals surface area contributed by atoms with E-state index in [0.717, 1.165) is 34.7 Å². The summed E-state index contributed by atoms with van der Waals surface area (Å²) < 4.78 is 0. The zero-order valence-corrected chi connectivity index (χ0v) is 16.0. The van der Waals surface area contributed by atoms with Crippen LogP contribution in [0, 0.1) is 0 Å². The Kier molecular flexibility index (Phi) is 5.45. The van der Waals surface area contributed by atoms with Crippen molar-refractivity contribution in [3.8, 4) is 0 Å². The van der Waals surface area contributed by atoms with Gasteiger partial charge in [-0.3, -0.25) is 9.78 Å². The van der Waals surface area contributed by atoms with Crippen LogP contribution < -0.4 is 5.32 Å². The lowest BCUT2D eigenvalue weighted by Crippen LogP contribution is -2.10. The third-order valence-electron chi connectivity index (χ3n) is 4.75. The van der Waals surface area contributed by atoms with Gasteiger partial charge in [0.15, 0.2) is 0 Å². The van der Waals surface area contributed by atoms with Gasteiger partial charge < -0.3 is 5.32 Å². The number of hydrogen-bond donors (Lipinski definition) is 1. The highest BCUT2D eigenvalue weighted by Gasteiger charge is 2.16. The Morgan fingerprint density at radius 2 is 1.93 bits per heavy atom. The van der Waals surface area contributed by atoms with Crippen molar-refractivity contribution >= 4 is 35.1 Å². The fraction of sp³-hybridized carbons (Fsp3) is 0.217. The normalized spacial score (nSPS) is 13.9. The molecule has 4 rings (SSSR count). The van der Waals surface area contributed by atoms with E-state index in [9.17, 15) is 4.79 Å². The summed E-state index contributed by atoms with van der Waals surface area (Å²) >= 11 is 1.65. The van der Waals surface area contributed by atoms with Gasteiger partial charge in [0.2, 0.25) is 0 Å². The van der Waals surface area contributed by atoms with Gasteiger partial charge in [-0.2, -0.15) is 0 Å². The molecule has 1 N–H and O–H groups in total. The van der Waals surface area contributed by atoms with E-state index in [4.69, 9.17) is 0 Å². The standard InChI is InChI=1S/C23H22N2OS/c26-23(22-16-18-8-2-1-3-11-21(18)27-22)25-20-10-6-7-17(15-20)12-13-19-9-4-5-14-24-19/h4-7,9-10,12-16H,1-3,8,11H2,(H,25,26)/b13-12+. The molecule has 136 valence electrons. The molecule has 0 unspecified atom stereocenters. The monoisotopic (exact) mass is 374 g/mol. The van der Waals surface area contributed by atoms with E-state index < -0.39 is 0 Å². The average molecular weight is 375 g/mol. The molecule has 0 spiro atoms.